The minimum Gasteiger partial charge on any atom is -0.461 e. The molecule has 8 nitrogen and oxygen atoms in total. The molecule has 0 saturated carbocycles. The highest BCUT2D eigenvalue weighted by atomic mass is 32.2. The van der Waals surface area contributed by atoms with Crippen LogP contribution in [0.25, 0.3) is 17.3 Å². The van der Waals surface area contributed by atoms with Crippen molar-refractivity contribution in [1.82, 2.24) is 19.7 Å². The molecule has 0 aliphatic carbocycles. The Morgan fingerprint density at radius 3 is 2.43 bits per heavy atom. The summed E-state index contributed by atoms with van der Waals surface area (Å²) in [6, 6.07) is 22.5. The molecule has 1 amide bonds. The molecule has 2 aromatic carbocycles. The lowest BCUT2D eigenvalue weighted by atomic mass is 10.1. The van der Waals surface area contributed by atoms with Crippen molar-refractivity contribution in [3.05, 3.63) is 84.6 Å². The number of rotatable bonds is 8. The quantitative estimate of drug-likeness (QED) is 0.334. The van der Waals surface area contributed by atoms with Gasteiger partial charge in [-0.05, 0) is 36.2 Å². The minimum absolute atomic E-state index is 0.000913. The highest BCUT2D eigenvalue weighted by Gasteiger charge is 2.35. The molecular formula is C25H24N4O4S2. The van der Waals surface area contributed by atoms with E-state index in [1.165, 1.54) is 11.8 Å². The van der Waals surface area contributed by atoms with Crippen molar-refractivity contribution < 1.29 is 17.6 Å². The highest BCUT2D eigenvalue weighted by Crippen LogP contribution is 2.29. The van der Waals surface area contributed by atoms with Crippen LogP contribution in [0.3, 0.4) is 0 Å². The first-order valence-electron chi connectivity index (χ1n) is 11.2. The molecule has 1 saturated heterocycles. The summed E-state index contributed by atoms with van der Waals surface area (Å²) in [4.78, 5) is 15.1. The van der Waals surface area contributed by atoms with Gasteiger partial charge in [0, 0.05) is 18.3 Å². The Balaban J connectivity index is 1.40. The van der Waals surface area contributed by atoms with Gasteiger partial charge >= 0.3 is 0 Å². The zero-order chi connectivity index (χ0) is 24.3. The normalized spacial score (nSPS) is 16.9. The molecule has 180 valence electrons. The van der Waals surface area contributed by atoms with Gasteiger partial charge in [-0.2, -0.15) is 0 Å². The van der Waals surface area contributed by atoms with E-state index < -0.39 is 9.84 Å². The van der Waals surface area contributed by atoms with Crippen LogP contribution in [-0.4, -0.2) is 57.3 Å². The van der Waals surface area contributed by atoms with Crippen LogP contribution >= 0.6 is 11.8 Å². The van der Waals surface area contributed by atoms with Crippen LogP contribution in [0, 0.1) is 0 Å². The van der Waals surface area contributed by atoms with E-state index in [0.29, 0.717) is 29.7 Å². The monoisotopic (exact) mass is 508 g/mol. The van der Waals surface area contributed by atoms with E-state index in [-0.39, 0.29) is 29.2 Å². The Morgan fingerprint density at radius 2 is 1.77 bits per heavy atom. The summed E-state index contributed by atoms with van der Waals surface area (Å²) in [6.45, 7) is 0.365. The van der Waals surface area contributed by atoms with Gasteiger partial charge < -0.3 is 9.32 Å². The Hall–Kier alpha value is -3.37. The first-order valence-corrected chi connectivity index (χ1v) is 14.0. The molecule has 0 unspecified atom stereocenters. The second kappa shape index (κ2) is 10.1. The fraction of sp³-hybridized carbons (Fsp3) is 0.240. The number of hydrogen-bond donors (Lipinski definition) is 0. The van der Waals surface area contributed by atoms with Gasteiger partial charge in [-0.25, -0.2) is 8.42 Å². The predicted octanol–water partition coefficient (Wildman–Crippen LogP) is 3.84. The molecule has 0 bridgehead atoms. The van der Waals surface area contributed by atoms with E-state index in [1.807, 2.05) is 71.3 Å². The predicted molar refractivity (Wildman–Crippen MR) is 134 cm³/mol. The van der Waals surface area contributed by atoms with E-state index in [4.69, 9.17) is 4.42 Å². The van der Waals surface area contributed by atoms with Crippen LogP contribution < -0.4 is 0 Å². The van der Waals surface area contributed by atoms with Gasteiger partial charge in [-0.15, -0.1) is 10.2 Å². The number of hydrogen-bond acceptors (Lipinski definition) is 7. The molecule has 35 heavy (non-hydrogen) atoms. The summed E-state index contributed by atoms with van der Waals surface area (Å²) in [5.74, 6) is 1.19. The number of thioether (sulfide) groups is 1. The van der Waals surface area contributed by atoms with Gasteiger partial charge in [0.05, 0.1) is 23.5 Å². The zero-order valence-corrected chi connectivity index (χ0v) is 20.5. The lowest BCUT2D eigenvalue weighted by Gasteiger charge is -2.28. The standard InChI is InChI=1S/C25H24N4O4S2/c30-23(28(16-19-8-3-1-4-9-19)21-13-15-35(31,32)18-21)17-34-25-27-26-24(22-12-7-14-33-22)29(25)20-10-5-2-6-11-20/h1-12,14,21H,13,15-18H2/t21-/m1/s1. The number of sulfone groups is 1. The molecule has 2 aromatic heterocycles. The summed E-state index contributed by atoms with van der Waals surface area (Å²) in [6.07, 6.45) is 2.03. The number of furan rings is 1. The Bertz CT molecular complexity index is 1390. The maximum atomic E-state index is 13.4. The zero-order valence-electron chi connectivity index (χ0n) is 18.9. The molecular weight excluding hydrogens is 484 g/mol. The van der Waals surface area contributed by atoms with Gasteiger partial charge in [0.2, 0.25) is 11.7 Å². The molecule has 0 radical (unpaired) electrons. The first-order chi connectivity index (χ1) is 17.0. The third kappa shape index (κ3) is 5.33. The first kappa shape index (κ1) is 23.4. The van der Waals surface area contributed by atoms with Gasteiger partial charge in [0.15, 0.2) is 20.8 Å². The molecule has 1 atom stereocenters. The number of carbonyl (C=O) groups excluding carboxylic acids is 1. The Labute approximate surface area is 207 Å². The van der Waals surface area contributed by atoms with Crippen molar-refractivity contribution in [2.24, 2.45) is 0 Å². The molecule has 1 aliphatic rings. The highest BCUT2D eigenvalue weighted by molar-refractivity contribution is 7.99. The Kier molecular flexibility index (Phi) is 6.74. The van der Waals surface area contributed by atoms with Crippen LogP contribution in [0.15, 0.2) is 88.6 Å². The SMILES string of the molecule is O=C(CSc1nnc(-c2ccco2)n1-c1ccccc1)N(Cc1ccccc1)[C@@H]1CCS(=O)(=O)C1. The second-order valence-corrected chi connectivity index (χ2v) is 11.5. The number of carbonyl (C=O) groups is 1. The molecule has 3 heterocycles. The topological polar surface area (TPSA) is 98.3 Å². The van der Waals surface area contributed by atoms with Crippen LogP contribution in [0.2, 0.25) is 0 Å². The maximum Gasteiger partial charge on any atom is 0.233 e. The van der Waals surface area contributed by atoms with E-state index in [9.17, 15) is 13.2 Å². The lowest BCUT2D eigenvalue weighted by molar-refractivity contribution is -0.130. The van der Waals surface area contributed by atoms with Crippen molar-refractivity contribution in [2.45, 2.75) is 24.2 Å². The van der Waals surface area contributed by atoms with Crippen molar-refractivity contribution >= 4 is 27.5 Å². The summed E-state index contributed by atoms with van der Waals surface area (Å²) in [5, 5.41) is 9.20. The van der Waals surface area contributed by atoms with E-state index in [0.717, 1.165) is 11.3 Å². The molecule has 0 spiro atoms. The minimum atomic E-state index is -3.14. The van der Waals surface area contributed by atoms with Gasteiger partial charge in [0.25, 0.3) is 0 Å². The van der Waals surface area contributed by atoms with Crippen LogP contribution in [0.1, 0.15) is 12.0 Å². The summed E-state index contributed by atoms with van der Waals surface area (Å²) in [5.41, 5.74) is 1.81. The molecule has 1 fully saturated rings. The third-order valence-corrected chi connectivity index (χ3v) is 8.54. The van der Waals surface area contributed by atoms with Crippen LogP contribution in [0.5, 0.6) is 0 Å². The van der Waals surface area contributed by atoms with Gasteiger partial charge in [-0.1, -0.05) is 60.3 Å². The largest absolute Gasteiger partial charge is 0.461 e. The van der Waals surface area contributed by atoms with Crippen molar-refractivity contribution in [3.63, 3.8) is 0 Å². The number of para-hydroxylation sites is 1. The van der Waals surface area contributed by atoms with Crippen molar-refractivity contribution in [3.8, 4) is 17.3 Å². The lowest BCUT2D eigenvalue weighted by Crippen LogP contribution is -2.41. The molecule has 5 rings (SSSR count). The number of amides is 1. The average molecular weight is 509 g/mol. The number of nitrogens with zero attached hydrogens (tertiary/aromatic N) is 4. The maximum absolute atomic E-state index is 13.4. The molecule has 10 heteroatoms. The second-order valence-electron chi connectivity index (χ2n) is 8.31. The van der Waals surface area contributed by atoms with Gasteiger partial charge in [0.1, 0.15) is 0 Å². The van der Waals surface area contributed by atoms with Crippen LogP contribution in [0.4, 0.5) is 0 Å². The molecule has 1 aliphatic heterocycles. The van der Waals surface area contributed by atoms with Gasteiger partial charge in [-0.3, -0.25) is 9.36 Å². The fourth-order valence-corrected chi connectivity index (χ4v) is 6.74. The Morgan fingerprint density at radius 1 is 1.03 bits per heavy atom. The fourth-order valence-electron chi connectivity index (χ4n) is 4.17. The van der Waals surface area contributed by atoms with E-state index >= 15 is 0 Å². The molecule has 0 N–H and O–H groups in total. The van der Waals surface area contributed by atoms with Crippen LogP contribution in [-0.2, 0) is 21.2 Å². The smallest absolute Gasteiger partial charge is 0.233 e. The molecule has 4 aromatic rings. The third-order valence-electron chi connectivity index (χ3n) is 5.88. The van der Waals surface area contributed by atoms with E-state index in [2.05, 4.69) is 10.2 Å². The number of benzene rings is 2. The summed E-state index contributed by atoms with van der Waals surface area (Å²) in [7, 11) is -3.14. The average Bonchev–Trinajstić information content (AvgIpc) is 3.62. The van der Waals surface area contributed by atoms with Crippen molar-refractivity contribution in [1.29, 1.82) is 0 Å². The summed E-state index contributed by atoms with van der Waals surface area (Å²) < 4.78 is 31.7. The van der Waals surface area contributed by atoms with Crippen molar-refractivity contribution in [2.75, 3.05) is 17.3 Å². The number of aromatic nitrogens is 3. The van der Waals surface area contributed by atoms with E-state index in [1.54, 1.807) is 17.2 Å². The summed E-state index contributed by atoms with van der Waals surface area (Å²) >= 11 is 1.27.